The van der Waals surface area contributed by atoms with Crippen LogP contribution in [0.3, 0.4) is 0 Å². The first-order valence-corrected chi connectivity index (χ1v) is 6.22. The van der Waals surface area contributed by atoms with Crippen LogP contribution in [0.15, 0.2) is 24.3 Å². The van der Waals surface area contributed by atoms with Gasteiger partial charge in [-0.3, -0.25) is 0 Å². The summed E-state index contributed by atoms with van der Waals surface area (Å²) in [6.07, 6.45) is 1.68. The van der Waals surface area contributed by atoms with E-state index in [2.05, 4.69) is 31.3 Å². The Bertz CT molecular complexity index is 315. The molecule has 96 valence electrons. The van der Waals surface area contributed by atoms with Gasteiger partial charge in [0.05, 0.1) is 7.11 Å². The van der Waals surface area contributed by atoms with Gasteiger partial charge >= 0.3 is 0 Å². The molecule has 0 spiro atoms. The Balaban J connectivity index is 3.01. The molecule has 0 bridgehead atoms. The number of benzene rings is 1. The van der Waals surface area contributed by atoms with Crippen molar-refractivity contribution >= 4 is 0 Å². The number of hydrogen-bond acceptors (Lipinski definition) is 3. The van der Waals surface area contributed by atoms with E-state index in [1.54, 1.807) is 7.11 Å². The Morgan fingerprint density at radius 3 is 2.29 bits per heavy atom. The molecule has 17 heavy (non-hydrogen) atoms. The van der Waals surface area contributed by atoms with E-state index in [-0.39, 0.29) is 12.1 Å². The molecular weight excluding hydrogens is 214 g/mol. The summed E-state index contributed by atoms with van der Waals surface area (Å²) in [6.45, 7) is 5.31. The normalized spacial score (nSPS) is 14.4. The average Bonchev–Trinajstić information content (AvgIpc) is 2.38. The zero-order valence-corrected chi connectivity index (χ0v) is 11.0. The fourth-order valence-corrected chi connectivity index (χ4v) is 2.28. The van der Waals surface area contributed by atoms with Gasteiger partial charge in [-0.1, -0.05) is 26.0 Å². The molecule has 0 saturated heterocycles. The van der Waals surface area contributed by atoms with E-state index in [1.165, 1.54) is 5.56 Å². The average molecular weight is 237 g/mol. The SMILES string of the molecule is CCNC(CC)(CCO)c1ccc(OC)cc1. The highest BCUT2D eigenvalue weighted by Crippen LogP contribution is 2.29. The lowest BCUT2D eigenvalue weighted by Crippen LogP contribution is -2.42. The third kappa shape index (κ3) is 3.20. The number of hydrogen-bond donors (Lipinski definition) is 2. The van der Waals surface area contributed by atoms with Gasteiger partial charge in [0.1, 0.15) is 5.75 Å². The second-order valence-electron chi connectivity index (χ2n) is 4.17. The topological polar surface area (TPSA) is 41.5 Å². The number of ether oxygens (including phenoxy) is 1. The van der Waals surface area contributed by atoms with Gasteiger partial charge in [-0.15, -0.1) is 0 Å². The maximum atomic E-state index is 9.26. The predicted octanol–water partition coefficient (Wildman–Crippen LogP) is 2.29. The summed E-state index contributed by atoms with van der Waals surface area (Å²) in [5.74, 6) is 0.860. The van der Waals surface area contributed by atoms with Crippen molar-refractivity contribution in [2.75, 3.05) is 20.3 Å². The van der Waals surface area contributed by atoms with Gasteiger partial charge in [-0.05, 0) is 37.1 Å². The molecule has 1 unspecified atom stereocenters. The summed E-state index contributed by atoms with van der Waals surface area (Å²) in [5.41, 5.74) is 1.08. The zero-order valence-electron chi connectivity index (χ0n) is 11.0. The van der Waals surface area contributed by atoms with Crippen molar-refractivity contribution < 1.29 is 9.84 Å². The van der Waals surface area contributed by atoms with Crippen LogP contribution in [0.1, 0.15) is 32.3 Å². The zero-order chi connectivity index (χ0) is 12.7. The molecule has 0 saturated carbocycles. The second-order valence-corrected chi connectivity index (χ2v) is 4.17. The largest absolute Gasteiger partial charge is 0.497 e. The molecule has 0 aliphatic heterocycles. The van der Waals surface area contributed by atoms with Crippen LogP contribution >= 0.6 is 0 Å². The molecule has 0 amide bonds. The summed E-state index contributed by atoms with van der Waals surface area (Å²) in [5, 5.41) is 12.8. The number of nitrogens with one attached hydrogen (secondary N) is 1. The fraction of sp³-hybridized carbons (Fsp3) is 0.571. The highest BCUT2D eigenvalue weighted by Gasteiger charge is 2.28. The molecular formula is C14H23NO2. The highest BCUT2D eigenvalue weighted by molar-refractivity contribution is 5.32. The molecule has 0 aliphatic carbocycles. The third-order valence-corrected chi connectivity index (χ3v) is 3.30. The van der Waals surface area contributed by atoms with Crippen molar-refractivity contribution in [1.29, 1.82) is 0 Å². The molecule has 1 aromatic rings. The molecule has 2 N–H and O–H groups in total. The molecule has 3 heteroatoms. The van der Waals surface area contributed by atoms with E-state index in [9.17, 15) is 5.11 Å². The molecule has 3 nitrogen and oxygen atoms in total. The van der Waals surface area contributed by atoms with Crippen molar-refractivity contribution in [3.8, 4) is 5.75 Å². The molecule has 0 radical (unpaired) electrons. The second kappa shape index (κ2) is 6.62. The Morgan fingerprint density at radius 1 is 1.24 bits per heavy atom. The maximum Gasteiger partial charge on any atom is 0.118 e. The van der Waals surface area contributed by atoms with Crippen LogP contribution in [-0.4, -0.2) is 25.4 Å². The first kappa shape index (κ1) is 14.0. The van der Waals surface area contributed by atoms with Crippen LogP contribution in [0.25, 0.3) is 0 Å². The fourth-order valence-electron chi connectivity index (χ4n) is 2.28. The van der Waals surface area contributed by atoms with Gasteiger partial charge in [0, 0.05) is 12.1 Å². The van der Waals surface area contributed by atoms with Gasteiger partial charge in [-0.2, -0.15) is 0 Å². The van der Waals surface area contributed by atoms with Crippen molar-refractivity contribution in [3.05, 3.63) is 29.8 Å². The summed E-state index contributed by atoms with van der Waals surface area (Å²) in [7, 11) is 1.67. The molecule has 1 atom stereocenters. The maximum absolute atomic E-state index is 9.26. The quantitative estimate of drug-likeness (QED) is 0.764. The lowest BCUT2D eigenvalue weighted by atomic mass is 9.84. The van der Waals surface area contributed by atoms with Crippen LogP contribution in [-0.2, 0) is 5.54 Å². The lowest BCUT2D eigenvalue weighted by Gasteiger charge is -2.34. The summed E-state index contributed by atoms with van der Waals surface area (Å²) in [4.78, 5) is 0. The molecule has 1 aromatic carbocycles. The van der Waals surface area contributed by atoms with Crippen LogP contribution in [0, 0.1) is 0 Å². The summed E-state index contributed by atoms with van der Waals surface area (Å²) in [6, 6.07) is 8.07. The number of rotatable bonds is 7. The molecule has 1 rings (SSSR count). The van der Waals surface area contributed by atoms with Gasteiger partial charge in [0.25, 0.3) is 0 Å². The van der Waals surface area contributed by atoms with Gasteiger partial charge < -0.3 is 15.2 Å². The van der Waals surface area contributed by atoms with Crippen LogP contribution in [0.2, 0.25) is 0 Å². The van der Waals surface area contributed by atoms with Crippen molar-refractivity contribution in [1.82, 2.24) is 5.32 Å². The first-order chi connectivity index (χ1) is 8.22. The van der Waals surface area contributed by atoms with E-state index >= 15 is 0 Å². The minimum absolute atomic E-state index is 0.129. The standard InChI is InChI=1S/C14H23NO2/c1-4-14(10-11-16,15-5-2)12-6-8-13(17-3)9-7-12/h6-9,15-16H,4-5,10-11H2,1-3H3. The monoisotopic (exact) mass is 237 g/mol. The van der Waals surface area contributed by atoms with Gasteiger partial charge in [0.15, 0.2) is 0 Å². The minimum Gasteiger partial charge on any atom is -0.497 e. The van der Waals surface area contributed by atoms with Gasteiger partial charge in [0.2, 0.25) is 0 Å². The van der Waals surface area contributed by atoms with Crippen molar-refractivity contribution in [2.24, 2.45) is 0 Å². The summed E-state index contributed by atoms with van der Waals surface area (Å²) < 4.78 is 5.17. The Kier molecular flexibility index (Phi) is 5.45. The molecule has 0 aromatic heterocycles. The summed E-state index contributed by atoms with van der Waals surface area (Å²) >= 11 is 0. The molecule has 0 fully saturated rings. The smallest absolute Gasteiger partial charge is 0.118 e. The van der Waals surface area contributed by atoms with Crippen LogP contribution in [0.4, 0.5) is 0 Å². The molecule has 0 aliphatic rings. The van der Waals surface area contributed by atoms with Gasteiger partial charge in [-0.25, -0.2) is 0 Å². The Labute approximate surface area is 104 Å². The predicted molar refractivity (Wildman–Crippen MR) is 70.3 cm³/mol. The van der Waals surface area contributed by atoms with E-state index in [4.69, 9.17) is 4.74 Å². The van der Waals surface area contributed by atoms with E-state index < -0.39 is 0 Å². The number of methoxy groups -OCH3 is 1. The number of aliphatic hydroxyl groups excluding tert-OH is 1. The Hall–Kier alpha value is -1.06. The molecule has 0 heterocycles. The van der Waals surface area contributed by atoms with E-state index in [0.717, 1.165) is 25.1 Å². The Morgan fingerprint density at radius 2 is 1.88 bits per heavy atom. The van der Waals surface area contributed by atoms with Crippen LogP contribution < -0.4 is 10.1 Å². The van der Waals surface area contributed by atoms with E-state index in [1.807, 2.05) is 12.1 Å². The van der Waals surface area contributed by atoms with E-state index in [0.29, 0.717) is 0 Å². The first-order valence-electron chi connectivity index (χ1n) is 6.22. The van der Waals surface area contributed by atoms with Crippen molar-refractivity contribution in [2.45, 2.75) is 32.2 Å². The number of aliphatic hydroxyl groups is 1. The van der Waals surface area contributed by atoms with Crippen molar-refractivity contribution in [3.63, 3.8) is 0 Å². The van der Waals surface area contributed by atoms with Crippen LogP contribution in [0.5, 0.6) is 5.75 Å². The minimum atomic E-state index is -0.129. The highest BCUT2D eigenvalue weighted by atomic mass is 16.5. The lowest BCUT2D eigenvalue weighted by molar-refractivity contribution is 0.205. The third-order valence-electron chi connectivity index (χ3n) is 3.30.